The molecule has 146 valence electrons. The SMILES string of the molecule is CC(C)S(=O)(=O)c1ccc(C(=O)NCc2cc(Br)ccc2OC(F)F)cc1. The fourth-order valence-electron chi connectivity index (χ4n) is 2.24. The van der Waals surface area contributed by atoms with Gasteiger partial charge in [0.2, 0.25) is 0 Å². The maximum Gasteiger partial charge on any atom is 0.387 e. The number of rotatable bonds is 7. The largest absolute Gasteiger partial charge is 0.434 e. The van der Waals surface area contributed by atoms with E-state index in [9.17, 15) is 22.0 Å². The fourth-order valence-corrected chi connectivity index (χ4v) is 3.71. The summed E-state index contributed by atoms with van der Waals surface area (Å²) < 4.78 is 54.3. The third-order valence-electron chi connectivity index (χ3n) is 3.74. The Kier molecular flexibility index (Phi) is 6.94. The van der Waals surface area contributed by atoms with E-state index < -0.39 is 27.6 Å². The minimum absolute atomic E-state index is 0.0353. The molecule has 2 rings (SSSR count). The minimum atomic E-state index is -3.42. The van der Waals surface area contributed by atoms with Crippen molar-refractivity contribution in [1.29, 1.82) is 0 Å². The van der Waals surface area contributed by atoms with E-state index in [1.807, 2.05) is 0 Å². The second-order valence-corrected chi connectivity index (χ2v) is 9.35. The number of nitrogens with one attached hydrogen (secondary N) is 1. The van der Waals surface area contributed by atoms with Crippen LogP contribution in [0.2, 0.25) is 0 Å². The standard InChI is InChI=1S/C18H18BrF2NO4S/c1-11(2)27(24,25)15-6-3-12(4-7-15)17(23)22-10-13-9-14(19)5-8-16(13)26-18(20)21/h3-9,11,18H,10H2,1-2H3,(H,22,23). The summed E-state index contributed by atoms with van der Waals surface area (Å²) in [6, 6.07) is 10.0. The van der Waals surface area contributed by atoms with E-state index in [1.165, 1.54) is 30.3 Å². The number of carbonyl (C=O) groups excluding carboxylic acids is 1. The van der Waals surface area contributed by atoms with Gasteiger partial charge in [-0.2, -0.15) is 8.78 Å². The molecule has 27 heavy (non-hydrogen) atoms. The Hall–Kier alpha value is -2.00. The topological polar surface area (TPSA) is 72.5 Å². The molecule has 0 saturated carbocycles. The Morgan fingerprint density at radius 1 is 1.15 bits per heavy atom. The maximum atomic E-state index is 12.5. The number of benzene rings is 2. The zero-order valence-electron chi connectivity index (χ0n) is 14.6. The second kappa shape index (κ2) is 8.79. The molecule has 0 spiro atoms. The number of hydrogen-bond acceptors (Lipinski definition) is 4. The maximum absolute atomic E-state index is 12.5. The predicted octanol–water partition coefficient (Wildman–Crippen LogP) is 4.16. The van der Waals surface area contributed by atoms with Crippen molar-refractivity contribution >= 4 is 31.7 Å². The van der Waals surface area contributed by atoms with Crippen molar-refractivity contribution in [3.05, 3.63) is 58.1 Å². The third kappa shape index (κ3) is 5.49. The average molecular weight is 462 g/mol. The molecule has 0 radical (unpaired) electrons. The van der Waals surface area contributed by atoms with Crippen LogP contribution in [0, 0.1) is 0 Å². The van der Waals surface area contributed by atoms with Crippen molar-refractivity contribution in [2.24, 2.45) is 0 Å². The van der Waals surface area contributed by atoms with Crippen molar-refractivity contribution in [1.82, 2.24) is 5.32 Å². The first-order valence-corrected chi connectivity index (χ1v) is 10.3. The van der Waals surface area contributed by atoms with E-state index in [1.54, 1.807) is 26.0 Å². The highest BCUT2D eigenvalue weighted by Gasteiger charge is 2.19. The third-order valence-corrected chi connectivity index (χ3v) is 6.41. The van der Waals surface area contributed by atoms with Gasteiger partial charge in [-0.1, -0.05) is 15.9 Å². The Morgan fingerprint density at radius 3 is 2.33 bits per heavy atom. The van der Waals surface area contributed by atoms with Crippen LogP contribution in [0.3, 0.4) is 0 Å². The number of sulfone groups is 1. The second-order valence-electron chi connectivity index (χ2n) is 5.93. The van der Waals surface area contributed by atoms with Gasteiger partial charge in [0.05, 0.1) is 10.1 Å². The summed E-state index contributed by atoms with van der Waals surface area (Å²) in [5.41, 5.74) is 0.626. The van der Waals surface area contributed by atoms with Gasteiger partial charge in [-0.3, -0.25) is 4.79 Å². The Balaban J connectivity index is 2.12. The smallest absolute Gasteiger partial charge is 0.387 e. The first-order valence-electron chi connectivity index (χ1n) is 7.96. The summed E-state index contributed by atoms with van der Waals surface area (Å²) >= 11 is 3.24. The first kappa shape index (κ1) is 21.3. The van der Waals surface area contributed by atoms with E-state index in [0.29, 0.717) is 10.0 Å². The highest BCUT2D eigenvalue weighted by Crippen LogP contribution is 2.25. The molecule has 0 aliphatic carbocycles. The van der Waals surface area contributed by atoms with Crippen LogP contribution in [0.5, 0.6) is 5.75 Å². The van der Waals surface area contributed by atoms with E-state index in [4.69, 9.17) is 0 Å². The summed E-state index contributed by atoms with van der Waals surface area (Å²) in [4.78, 5) is 12.4. The van der Waals surface area contributed by atoms with Gasteiger partial charge >= 0.3 is 6.61 Å². The van der Waals surface area contributed by atoms with Gasteiger partial charge in [0.1, 0.15) is 5.75 Å². The van der Waals surface area contributed by atoms with Gasteiger partial charge in [0.25, 0.3) is 5.91 Å². The number of hydrogen-bond donors (Lipinski definition) is 1. The number of amides is 1. The fraction of sp³-hybridized carbons (Fsp3) is 0.278. The molecule has 0 bridgehead atoms. The van der Waals surface area contributed by atoms with Crippen molar-refractivity contribution in [3.63, 3.8) is 0 Å². The summed E-state index contributed by atoms with van der Waals surface area (Å²) in [5, 5.41) is 2.04. The van der Waals surface area contributed by atoms with Gasteiger partial charge in [0, 0.05) is 22.1 Å². The number of carbonyl (C=O) groups is 1. The average Bonchev–Trinajstić information content (AvgIpc) is 2.61. The molecule has 0 unspecified atom stereocenters. The van der Waals surface area contributed by atoms with Crippen LogP contribution in [-0.2, 0) is 16.4 Å². The van der Waals surface area contributed by atoms with Crippen molar-refractivity contribution < 1.29 is 26.7 Å². The summed E-state index contributed by atoms with van der Waals surface area (Å²) in [6.07, 6.45) is 0. The van der Waals surface area contributed by atoms with Crippen LogP contribution >= 0.6 is 15.9 Å². The molecule has 0 fully saturated rings. The molecule has 1 N–H and O–H groups in total. The molecule has 2 aromatic carbocycles. The number of halogens is 3. The summed E-state index contributed by atoms with van der Waals surface area (Å²) in [5.74, 6) is -0.502. The molecule has 5 nitrogen and oxygen atoms in total. The van der Waals surface area contributed by atoms with Crippen molar-refractivity contribution in [3.8, 4) is 5.75 Å². The molecule has 0 aliphatic heterocycles. The summed E-state index contributed by atoms with van der Waals surface area (Å²) in [6.45, 7) is 0.142. The van der Waals surface area contributed by atoms with Gasteiger partial charge in [-0.05, 0) is 56.3 Å². The molecular weight excluding hydrogens is 444 g/mol. The molecular formula is C18H18BrF2NO4S. The van der Waals surface area contributed by atoms with E-state index in [-0.39, 0.29) is 22.8 Å². The highest BCUT2D eigenvalue weighted by atomic mass is 79.9. The Bertz CT molecular complexity index is 915. The monoisotopic (exact) mass is 461 g/mol. The first-order chi connectivity index (χ1) is 12.6. The lowest BCUT2D eigenvalue weighted by Crippen LogP contribution is -2.23. The van der Waals surface area contributed by atoms with E-state index in [0.717, 1.165) is 0 Å². The highest BCUT2D eigenvalue weighted by molar-refractivity contribution is 9.10. The molecule has 1 amide bonds. The molecule has 9 heteroatoms. The zero-order valence-corrected chi connectivity index (χ0v) is 17.0. The summed E-state index contributed by atoms with van der Waals surface area (Å²) in [7, 11) is -3.42. The molecule has 2 aromatic rings. The lowest BCUT2D eigenvalue weighted by molar-refractivity contribution is -0.0504. The Labute approximate surface area is 164 Å². The number of alkyl halides is 2. The van der Waals surface area contributed by atoms with Crippen LogP contribution in [-0.4, -0.2) is 26.2 Å². The van der Waals surface area contributed by atoms with Crippen molar-refractivity contribution in [2.75, 3.05) is 0 Å². The Morgan fingerprint density at radius 2 is 1.78 bits per heavy atom. The lowest BCUT2D eigenvalue weighted by atomic mass is 10.1. The molecule has 0 atom stereocenters. The molecule has 0 aromatic heterocycles. The number of ether oxygens (including phenoxy) is 1. The normalized spacial score (nSPS) is 11.7. The molecule has 0 aliphatic rings. The predicted molar refractivity (Wildman–Crippen MR) is 101 cm³/mol. The van der Waals surface area contributed by atoms with Gasteiger partial charge < -0.3 is 10.1 Å². The van der Waals surface area contributed by atoms with Gasteiger partial charge in [-0.25, -0.2) is 8.42 Å². The van der Waals surface area contributed by atoms with Crippen molar-refractivity contribution in [2.45, 2.75) is 37.1 Å². The van der Waals surface area contributed by atoms with E-state index in [2.05, 4.69) is 26.0 Å². The van der Waals surface area contributed by atoms with Gasteiger partial charge in [-0.15, -0.1) is 0 Å². The van der Waals surface area contributed by atoms with E-state index >= 15 is 0 Å². The van der Waals surface area contributed by atoms with Crippen LogP contribution in [0.4, 0.5) is 8.78 Å². The minimum Gasteiger partial charge on any atom is -0.434 e. The lowest BCUT2D eigenvalue weighted by Gasteiger charge is -2.12. The van der Waals surface area contributed by atoms with Gasteiger partial charge in [0.15, 0.2) is 9.84 Å². The van der Waals surface area contributed by atoms with Crippen LogP contribution in [0.1, 0.15) is 29.8 Å². The molecule has 0 heterocycles. The van der Waals surface area contributed by atoms with Crippen LogP contribution < -0.4 is 10.1 Å². The quantitative estimate of drug-likeness (QED) is 0.671. The molecule has 0 saturated heterocycles. The zero-order chi connectivity index (χ0) is 20.2. The van der Waals surface area contributed by atoms with Crippen LogP contribution in [0.15, 0.2) is 51.8 Å². The van der Waals surface area contributed by atoms with Crippen LogP contribution in [0.25, 0.3) is 0 Å².